The van der Waals surface area contributed by atoms with Gasteiger partial charge in [-0.1, -0.05) is 29.3 Å². The molecule has 4 heterocycles. The molecule has 1 aromatic heterocycles. The van der Waals surface area contributed by atoms with Crippen LogP contribution in [0.25, 0.3) is 0 Å². The number of halogens is 2. The minimum absolute atomic E-state index is 0.00272. The van der Waals surface area contributed by atoms with Crippen LogP contribution in [0.1, 0.15) is 50.4 Å². The van der Waals surface area contributed by atoms with Gasteiger partial charge in [-0.3, -0.25) is 19.3 Å². The second kappa shape index (κ2) is 12.1. The molecule has 3 saturated heterocycles. The van der Waals surface area contributed by atoms with E-state index in [0.29, 0.717) is 46.8 Å². The topological polar surface area (TPSA) is 97.9 Å². The molecule has 2 bridgehead atoms. The molecule has 6 rings (SSSR count). The van der Waals surface area contributed by atoms with E-state index in [9.17, 15) is 14.4 Å². The third-order valence-electron chi connectivity index (χ3n) is 8.14. The highest BCUT2D eigenvalue weighted by Gasteiger charge is 2.41. The van der Waals surface area contributed by atoms with E-state index in [2.05, 4.69) is 20.5 Å². The summed E-state index contributed by atoms with van der Waals surface area (Å²) >= 11 is 13.9. The number of hydrogen-bond acceptors (Lipinski definition) is 7. The first-order chi connectivity index (χ1) is 18.7. The number of piperidine rings is 2. The first-order valence-electron chi connectivity index (χ1n) is 13.4. The fourth-order valence-corrected chi connectivity index (χ4v) is 7.20. The summed E-state index contributed by atoms with van der Waals surface area (Å²) in [5, 5.41) is 9.89. The average Bonchev–Trinajstić information content (AvgIpc) is 3.34. The average molecular weight is 594 g/mol. The van der Waals surface area contributed by atoms with Crippen molar-refractivity contribution in [1.29, 1.82) is 0 Å². The molecule has 210 valence electrons. The maximum absolute atomic E-state index is 13.5. The van der Waals surface area contributed by atoms with E-state index in [1.165, 1.54) is 18.3 Å². The molecule has 2 aromatic rings. The first kappa shape index (κ1) is 28.3. The molecule has 1 saturated carbocycles. The van der Waals surface area contributed by atoms with Crippen LogP contribution in [0, 0.1) is 5.92 Å². The predicted octanol–water partition coefficient (Wildman–Crippen LogP) is 3.78. The molecule has 4 atom stereocenters. The highest BCUT2D eigenvalue weighted by atomic mass is 35.5. The number of hydrogen-bond donors (Lipinski definition) is 2. The van der Waals surface area contributed by atoms with Crippen LogP contribution >= 0.6 is 34.5 Å². The van der Waals surface area contributed by atoms with Gasteiger partial charge in [0.1, 0.15) is 0 Å². The first-order valence-corrected chi connectivity index (χ1v) is 15.0. The predicted molar refractivity (Wildman–Crippen MR) is 153 cm³/mol. The lowest BCUT2D eigenvalue weighted by Crippen LogP contribution is -2.59. The Morgan fingerprint density at radius 2 is 1.92 bits per heavy atom. The lowest BCUT2D eigenvalue weighted by atomic mass is 9.76. The Balaban J connectivity index is 1.19. The number of aromatic nitrogens is 1. The number of benzene rings is 1. The zero-order valence-corrected chi connectivity index (χ0v) is 24.5. The molecule has 4 unspecified atom stereocenters. The monoisotopic (exact) mass is 592 g/mol. The summed E-state index contributed by atoms with van der Waals surface area (Å²) in [5.41, 5.74) is 1.86. The molecular weight excluding hydrogens is 559 g/mol. The minimum Gasteiger partial charge on any atom is -0.339 e. The van der Waals surface area contributed by atoms with Crippen molar-refractivity contribution in [3.63, 3.8) is 0 Å². The van der Waals surface area contributed by atoms with Crippen LogP contribution in [0.4, 0.5) is 5.13 Å². The third-order valence-corrected chi connectivity index (χ3v) is 9.69. The number of fused-ring (bicyclic) bond motifs is 3. The summed E-state index contributed by atoms with van der Waals surface area (Å²) < 4.78 is 0. The van der Waals surface area contributed by atoms with Gasteiger partial charge >= 0.3 is 0 Å². The summed E-state index contributed by atoms with van der Waals surface area (Å²) in [7, 11) is 0. The largest absolute Gasteiger partial charge is 0.339 e. The van der Waals surface area contributed by atoms with Crippen molar-refractivity contribution < 1.29 is 14.4 Å². The number of piperazine rings is 1. The minimum atomic E-state index is -0.273. The summed E-state index contributed by atoms with van der Waals surface area (Å²) in [6.07, 6.45) is 3.28. The Morgan fingerprint density at radius 3 is 2.62 bits per heavy atom. The number of amides is 3. The summed E-state index contributed by atoms with van der Waals surface area (Å²) in [4.78, 5) is 47.6. The molecule has 3 aliphatic heterocycles. The van der Waals surface area contributed by atoms with E-state index in [4.69, 9.17) is 23.2 Å². The molecule has 0 spiro atoms. The van der Waals surface area contributed by atoms with Crippen molar-refractivity contribution in [1.82, 2.24) is 25.0 Å². The summed E-state index contributed by atoms with van der Waals surface area (Å²) in [6, 6.07) is 5.87. The fourth-order valence-electron chi connectivity index (χ4n) is 6.14. The Hall–Kier alpha value is -2.24. The van der Waals surface area contributed by atoms with Gasteiger partial charge in [-0.25, -0.2) is 4.98 Å². The van der Waals surface area contributed by atoms with Crippen LogP contribution in [0.15, 0.2) is 23.6 Å². The number of carbonyl (C=O) groups is 3. The van der Waals surface area contributed by atoms with Gasteiger partial charge in [0.25, 0.3) is 0 Å². The third kappa shape index (κ3) is 6.57. The van der Waals surface area contributed by atoms with Crippen molar-refractivity contribution >= 4 is 57.4 Å². The zero-order chi connectivity index (χ0) is 27.7. The smallest absolute Gasteiger partial charge is 0.237 e. The number of nitrogens with zero attached hydrogens (tertiary/aromatic N) is 4. The number of rotatable bonds is 7. The SMILES string of the molecule is CC(=O)Nc1nc(CN2CC3CCC2CC3NCC(=O)N2CCN(C(C)=O)CC2c2ccc(Cl)c(Cl)c2)cs1. The van der Waals surface area contributed by atoms with Gasteiger partial charge in [-0.05, 0) is 42.9 Å². The maximum atomic E-state index is 13.5. The lowest BCUT2D eigenvalue weighted by molar-refractivity contribution is -0.141. The number of thiazole rings is 1. The molecule has 9 nitrogen and oxygen atoms in total. The number of nitrogens with one attached hydrogen (secondary N) is 2. The van der Waals surface area contributed by atoms with Crippen molar-refractivity contribution in [2.75, 3.05) is 38.0 Å². The van der Waals surface area contributed by atoms with Crippen LogP contribution in [0.2, 0.25) is 10.0 Å². The quantitative estimate of drug-likeness (QED) is 0.508. The van der Waals surface area contributed by atoms with Crippen molar-refractivity contribution in [2.24, 2.45) is 5.92 Å². The molecular formula is C27H34Cl2N6O3S. The van der Waals surface area contributed by atoms with Gasteiger partial charge in [0.2, 0.25) is 17.7 Å². The number of carbonyl (C=O) groups excluding carboxylic acids is 3. The van der Waals surface area contributed by atoms with Gasteiger partial charge in [0.15, 0.2) is 5.13 Å². The van der Waals surface area contributed by atoms with Crippen LogP contribution in [0.3, 0.4) is 0 Å². The van der Waals surface area contributed by atoms with Gasteiger partial charge in [-0.2, -0.15) is 0 Å². The lowest BCUT2D eigenvalue weighted by Gasteiger charge is -2.50. The molecule has 1 aliphatic carbocycles. The van der Waals surface area contributed by atoms with Crippen molar-refractivity contribution in [3.8, 4) is 0 Å². The van der Waals surface area contributed by atoms with Crippen LogP contribution in [-0.2, 0) is 20.9 Å². The van der Waals surface area contributed by atoms with Crippen LogP contribution < -0.4 is 10.6 Å². The van der Waals surface area contributed by atoms with E-state index < -0.39 is 0 Å². The Labute approximate surface area is 242 Å². The summed E-state index contributed by atoms with van der Waals surface area (Å²) in [5.74, 6) is 0.384. The second-order valence-corrected chi connectivity index (χ2v) is 12.4. The van der Waals surface area contributed by atoms with Crippen molar-refractivity contribution in [3.05, 3.63) is 44.9 Å². The molecule has 4 aliphatic rings. The van der Waals surface area contributed by atoms with Crippen LogP contribution in [-0.4, -0.2) is 82.2 Å². The van der Waals surface area contributed by atoms with E-state index in [0.717, 1.165) is 43.6 Å². The van der Waals surface area contributed by atoms with Gasteiger partial charge < -0.3 is 20.4 Å². The molecule has 1 aromatic carbocycles. The van der Waals surface area contributed by atoms with Gasteiger partial charge in [-0.15, -0.1) is 11.3 Å². The molecule has 2 N–H and O–H groups in total. The second-order valence-electron chi connectivity index (χ2n) is 10.7. The Morgan fingerprint density at radius 1 is 1.10 bits per heavy atom. The molecule has 3 amide bonds. The zero-order valence-electron chi connectivity index (χ0n) is 22.2. The Bertz CT molecular complexity index is 1240. The number of anilines is 1. The van der Waals surface area contributed by atoms with E-state index in [1.807, 2.05) is 16.3 Å². The molecule has 39 heavy (non-hydrogen) atoms. The van der Waals surface area contributed by atoms with Crippen molar-refractivity contribution in [2.45, 2.75) is 57.8 Å². The highest BCUT2D eigenvalue weighted by Crippen LogP contribution is 2.37. The standard InChI is InChI=1S/C27H34Cl2N6O3S/c1-16(36)31-27-32-20(15-39-27)13-34-12-19-3-5-21(34)10-24(19)30-11-26(38)35-8-7-33(17(2)37)14-25(35)18-4-6-22(28)23(29)9-18/h4,6,9,15,19,21,24-25,30H,3,5,7-8,10-14H2,1-2H3,(H,31,32,36). The van der Waals surface area contributed by atoms with E-state index in [-0.39, 0.29) is 36.3 Å². The van der Waals surface area contributed by atoms with E-state index >= 15 is 0 Å². The van der Waals surface area contributed by atoms with Gasteiger partial charge in [0, 0.05) is 64.0 Å². The maximum Gasteiger partial charge on any atom is 0.237 e. The molecule has 0 radical (unpaired) electrons. The normalized spacial score (nSPS) is 25.1. The fraction of sp³-hybridized carbons (Fsp3) is 0.556. The highest BCUT2D eigenvalue weighted by molar-refractivity contribution is 7.13. The van der Waals surface area contributed by atoms with Gasteiger partial charge in [0.05, 0.1) is 28.3 Å². The molecule has 12 heteroatoms. The Kier molecular flexibility index (Phi) is 8.78. The van der Waals surface area contributed by atoms with Crippen LogP contribution in [0.5, 0.6) is 0 Å². The summed E-state index contributed by atoms with van der Waals surface area (Å²) in [6.45, 7) is 6.47. The van der Waals surface area contributed by atoms with E-state index in [1.54, 1.807) is 24.0 Å². The molecule has 4 fully saturated rings.